The molecular weight excluding hydrogens is 564 g/mol. The van der Waals surface area contributed by atoms with E-state index in [0.29, 0.717) is 41.4 Å². The second-order valence-corrected chi connectivity index (χ2v) is 10.3. The number of fused-ring (bicyclic) bond motifs is 1. The molecule has 4 rings (SSSR count). The van der Waals surface area contributed by atoms with Crippen LogP contribution in [-0.2, 0) is 9.53 Å². The highest BCUT2D eigenvalue weighted by molar-refractivity contribution is 9.10. The number of benzene rings is 2. The number of hydrogen-bond donors (Lipinski definition) is 0. The number of halogens is 2. The first kappa shape index (κ1) is 26.0. The molecule has 6 nitrogen and oxygen atoms in total. The number of aromatic nitrogens is 1. The molecule has 9 heteroatoms. The topological polar surface area (TPSA) is 69.9 Å². The monoisotopic (exact) mass is 584 g/mol. The first-order valence-corrected chi connectivity index (χ1v) is 13.1. The number of esters is 1. The summed E-state index contributed by atoms with van der Waals surface area (Å²) in [7, 11) is 0. The number of nitrogens with zero attached hydrogens (tertiary/aromatic N) is 2. The molecule has 0 saturated carbocycles. The van der Waals surface area contributed by atoms with Gasteiger partial charge in [-0.05, 0) is 66.0 Å². The standard InChI is InChI=1S/C27H22BrClN2O4S/c1-5-11-35-24-19(28)12-17(13-20(24)29)14-21-25(32)31-23(18-9-7-15(3)8-10-18)22(26(33)34-6-2)16(4)30-27(31)36-21/h1,7-10,12-14,23H,6,11H2,2-4H3/b21-14+/t23-/m0/s1. The van der Waals surface area contributed by atoms with Crippen molar-refractivity contribution in [2.45, 2.75) is 26.8 Å². The fraction of sp³-hybridized carbons (Fsp3) is 0.222. The van der Waals surface area contributed by atoms with E-state index in [9.17, 15) is 9.59 Å². The van der Waals surface area contributed by atoms with E-state index in [4.69, 9.17) is 27.5 Å². The third kappa shape index (κ3) is 5.05. The predicted octanol–water partition coefficient (Wildman–Crippen LogP) is 4.53. The Balaban J connectivity index is 1.89. The van der Waals surface area contributed by atoms with Crippen LogP contribution in [0.4, 0.5) is 0 Å². The molecule has 2 heterocycles. The average Bonchev–Trinajstić information content (AvgIpc) is 3.12. The van der Waals surface area contributed by atoms with Gasteiger partial charge in [-0.3, -0.25) is 9.36 Å². The molecular formula is C27H22BrClN2O4S. The van der Waals surface area contributed by atoms with Crippen molar-refractivity contribution < 1.29 is 14.3 Å². The minimum atomic E-state index is -0.655. The largest absolute Gasteiger partial charge is 0.478 e. The van der Waals surface area contributed by atoms with Crippen molar-refractivity contribution in [2.75, 3.05) is 13.2 Å². The zero-order chi connectivity index (χ0) is 26.0. The maximum atomic E-state index is 13.7. The Morgan fingerprint density at radius 2 is 2.03 bits per heavy atom. The number of carbonyl (C=O) groups excluding carboxylic acids is 1. The second-order valence-electron chi connectivity index (χ2n) is 8.02. The van der Waals surface area contributed by atoms with E-state index in [1.807, 2.05) is 31.2 Å². The lowest BCUT2D eigenvalue weighted by atomic mass is 9.95. The van der Waals surface area contributed by atoms with Crippen molar-refractivity contribution in [2.24, 2.45) is 4.99 Å². The van der Waals surface area contributed by atoms with Crippen LogP contribution in [0.2, 0.25) is 5.02 Å². The van der Waals surface area contributed by atoms with E-state index >= 15 is 0 Å². The van der Waals surface area contributed by atoms with Gasteiger partial charge in [0.2, 0.25) is 0 Å². The van der Waals surface area contributed by atoms with Gasteiger partial charge in [-0.15, -0.1) is 6.42 Å². The number of allylic oxidation sites excluding steroid dienone is 1. The lowest BCUT2D eigenvalue weighted by molar-refractivity contribution is -0.139. The van der Waals surface area contributed by atoms with Crippen LogP contribution in [0.3, 0.4) is 0 Å². The molecule has 36 heavy (non-hydrogen) atoms. The van der Waals surface area contributed by atoms with Crippen LogP contribution in [0.5, 0.6) is 5.75 Å². The zero-order valence-corrected chi connectivity index (χ0v) is 23.0. The van der Waals surface area contributed by atoms with E-state index in [2.05, 4.69) is 26.8 Å². The number of thiazole rings is 1. The summed E-state index contributed by atoms with van der Waals surface area (Å²) < 4.78 is 13.4. The van der Waals surface area contributed by atoms with Gasteiger partial charge in [0.05, 0.1) is 37.9 Å². The van der Waals surface area contributed by atoms with Crippen molar-refractivity contribution >= 4 is 50.9 Å². The van der Waals surface area contributed by atoms with Crippen molar-refractivity contribution in [1.82, 2.24) is 4.57 Å². The fourth-order valence-electron chi connectivity index (χ4n) is 3.92. The number of rotatable bonds is 6. The van der Waals surface area contributed by atoms with Gasteiger partial charge in [-0.25, -0.2) is 9.79 Å². The van der Waals surface area contributed by atoms with Crippen LogP contribution in [-0.4, -0.2) is 23.8 Å². The van der Waals surface area contributed by atoms with Gasteiger partial charge < -0.3 is 9.47 Å². The van der Waals surface area contributed by atoms with Crippen molar-refractivity contribution in [3.05, 3.63) is 93.5 Å². The lowest BCUT2D eigenvalue weighted by Crippen LogP contribution is -2.39. The lowest BCUT2D eigenvalue weighted by Gasteiger charge is -2.24. The smallest absolute Gasteiger partial charge is 0.338 e. The Labute approximate surface area is 225 Å². The molecule has 0 N–H and O–H groups in total. The van der Waals surface area contributed by atoms with E-state index in [1.54, 1.807) is 36.6 Å². The first-order valence-electron chi connectivity index (χ1n) is 11.1. The summed E-state index contributed by atoms with van der Waals surface area (Å²) in [5, 5.41) is 0.358. The molecule has 0 radical (unpaired) electrons. The highest BCUT2D eigenvalue weighted by atomic mass is 79.9. The Bertz CT molecular complexity index is 1570. The SMILES string of the molecule is C#CCOc1c(Cl)cc(/C=c2/sc3n(c2=O)[C@@H](c2ccc(C)cc2)C(C(=O)OCC)=C(C)N=3)cc1Br. The van der Waals surface area contributed by atoms with E-state index in [-0.39, 0.29) is 18.8 Å². The van der Waals surface area contributed by atoms with Crippen LogP contribution in [0.25, 0.3) is 6.08 Å². The van der Waals surface area contributed by atoms with Crippen LogP contribution in [0.1, 0.15) is 36.6 Å². The quantitative estimate of drug-likeness (QED) is 0.315. The second kappa shape index (κ2) is 10.9. The Morgan fingerprint density at radius 3 is 2.67 bits per heavy atom. The highest BCUT2D eigenvalue weighted by Crippen LogP contribution is 2.35. The number of aryl methyl sites for hydroxylation is 1. The molecule has 0 amide bonds. The van der Waals surface area contributed by atoms with E-state index in [0.717, 1.165) is 11.1 Å². The molecule has 0 unspecified atom stereocenters. The Morgan fingerprint density at radius 1 is 1.31 bits per heavy atom. The highest BCUT2D eigenvalue weighted by Gasteiger charge is 2.33. The Kier molecular flexibility index (Phi) is 7.84. The summed E-state index contributed by atoms with van der Waals surface area (Å²) in [5.74, 6) is 2.35. The van der Waals surface area contributed by atoms with Gasteiger partial charge in [0.1, 0.15) is 6.61 Å². The number of ether oxygens (including phenoxy) is 2. The van der Waals surface area contributed by atoms with Gasteiger partial charge in [0, 0.05) is 0 Å². The summed E-state index contributed by atoms with van der Waals surface area (Å²) in [6.07, 6.45) is 7.01. The predicted molar refractivity (Wildman–Crippen MR) is 145 cm³/mol. The maximum Gasteiger partial charge on any atom is 0.338 e. The van der Waals surface area contributed by atoms with E-state index < -0.39 is 12.0 Å². The molecule has 184 valence electrons. The molecule has 1 aliphatic heterocycles. The molecule has 0 spiro atoms. The van der Waals surface area contributed by atoms with Crippen molar-refractivity contribution in [3.8, 4) is 18.1 Å². The molecule has 2 aromatic carbocycles. The van der Waals surface area contributed by atoms with Crippen molar-refractivity contribution in [1.29, 1.82) is 0 Å². The first-order chi connectivity index (χ1) is 17.2. The minimum absolute atomic E-state index is 0.0808. The van der Waals surface area contributed by atoms with Gasteiger partial charge in [0.25, 0.3) is 5.56 Å². The van der Waals surface area contributed by atoms with Gasteiger partial charge in [-0.1, -0.05) is 58.7 Å². The molecule has 0 fully saturated rings. The molecule has 0 bridgehead atoms. The number of carbonyl (C=O) groups is 1. The van der Waals surface area contributed by atoms with Gasteiger partial charge in [0.15, 0.2) is 10.6 Å². The minimum Gasteiger partial charge on any atom is -0.478 e. The normalized spacial score (nSPS) is 15.2. The molecule has 1 atom stereocenters. The van der Waals surface area contributed by atoms with Crippen LogP contribution >= 0.6 is 38.9 Å². The Hall–Kier alpha value is -3.12. The summed E-state index contributed by atoms with van der Waals surface area (Å²) >= 11 is 11.1. The van der Waals surface area contributed by atoms with Gasteiger partial charge in [-0.2, -0.15) is 0 Å². The van der Waals surface area contributed by atoms with Crippen LogP contribution in [0.15, 0.2) is 61.9 Å². The molecule has 0 aliphatic carbocycles. The third-order valence-electron chi connectivity index (χ3n) is 5.53. The van der Waals surface area contributed by atoms with Crippen LogP contribution in [0, 0.1) is 19.3 Å². The summed E-state index contributed by atoms with van der Waals surface area (Å²) in [5.41, 5.74) is 3.16. The molecule has 1 aliphatic rings. The van der Waals surface area contributed by atoms with Crippen molar-refractivity contribution in [3.63, 3.8) is 0 Å². The number of hydrogen-bond acceptors (Lipinski definition) is 6. The van der Waals surface area contributed by atoms with Crippen LogP contribution < -0.4 is 19.6 Å². The number of terminal acetylenes is 1. The fourth-order valence-corrected chi connectivity index (χ4v) is 5.96. The summed E-state index contributed by atoms with van der Waals surface area (Å²) in [6, 6.07) is 10.6. The third-order valence-corrected chi connectivity index (χ3v) is 7.38. The van der Waals surface area contributed by atoms with E-state index in [1.165, 1.54) is 11.3 Å². The maximum absolute atomic E-state index is 13.7. The molecule has 3 aromatic rings. The molecule has 1 aromatic heterocycles. The average molecular weight is 586 g/mol. The zero-order valence-electron chi connectivity index (χ0n) is 19.8. The molecule has 0 saturated heterocycles. The van der Waals surface area contributed by atoms with Gasteiger partial charge >= 0.3 is 5.97 Å². The summed E-state index contributed by atoms with van der Waals surface area (Å²) in [6.45, 7) is 5.79. The summed E-state index contributed by atoms with van der Waals surface area (Å²) in [4.78, 5) is 31.7.